The number of quaternary nitrogens is 1. The number of likely N-dealkylation sites (N-methyl/N-ethyl adjacent to an activating group) is 1. The summed E-state index contributed by atoms with van der Waals surface area (Å²) in [7, 11) is 1.32. The number of hydrogen-bond acceptors (Lipinski definition) is 6. The number of nitrogens with zero attached hydrogens (tertiary/aromatic N) is 1. The lowest BCUT2D eigenvalue weighted by molar-refractivity contribution is -0.870. The Kier molecular flexibility index (Phi) is 61.3. The Morgan fingerprint density at radius 3 is 1.10 bits per heavy atom. The highest BCUT2D eigenvalue weighted by molar-refractivity contribution is 7.45. The Hall–Kier alpha value is -1.80. The first-order valence-corrected chi connectivity index (χ1v) is 36.6. The Bertz CT molecular complexity index is 1500. The molecule has 3 unspecified atom stereocenters. The van der Waals surface area contributed by atoms with E-state index in [1.54, 1.807) is 0 Å². The molecule has 0 saturated carbocycles. The summed E-state index contributed by atoms with van der Waals surface area (Å²) in [6.45, 7) is 4.66. The number of nitrogens with one attached hydrogen (secondary N) is 1. The van der Waals surface area contributed by atoms with Gasteiger partial charge in [-0.15, -0.1) is 0 Å². The summed E-state index contributed by atoms with van der Waals surface area (Å²) in [5, 5.41) is 14.1. The molecule has 0 aliphatic heterocycles. The van der Waals surface area contributed by atoms with E-state index >= 15 is 0 Å². The zero-order chi connectivity index (χ0) is 59.1. The summed E-state index contributed by atoms with van der Waals surface area (Å²) in [5.41, 5.74) is 0. The van der Waals surface area contributed by atoms with Crippen LogP contribution in [0.25, 0.3) is 0 Å². The molecule has 81 heavy (non-hydrogen) atoms. The summed E-state index contributed by atoms with van der Waals surface area (Å²) < 4.78 is 23.5. The molecule has 0 saturated heterocycles. The molecular weight excluding hydrogens is 1020 g/mol. The Morgan fingerprint density at radius 2 is 0.753 bits per heavy atom. The van der Waals surface area contributed by atoms with Crippen molar-refractivity contribution in [1.29, 1.82) is 0 Å². The van der Waals surface area contributed by atoms with Crippen LogP contribution in [0.3, 0.4) is 0 Å². The van der Waals surface area contributed by atoms with Crippen LogP contribution >= 0.6 is 7.82 Å². The molecule has 0 spiro atoms. The van der Waals surface area contributed by atoms with Crippen LogP contribution in [0.2, 0.25) is 0 Å². The number of unbranched alkanes of at least 4 members (excludes halogenated alkanes) is 42. The molecule has 0 heterocycles. The van der Waals surface area contributed by atoms with Crippen molar-refractivity contribution in [3.8, 4) is 0 Å². The number of phosphoric acid groups is 1. The minimum Gasteiger partial charge on any atom is -0.756 e. The first-order chi connectivity index (χ1) is 39.5. The molecule has 3 atom stereocenters. The second-order valence-electron chi connectivity index (χ2n) is 25.2. The van der Waals surface area contributed by atoms with Crippen molar-refractivity contribution in [2.45, 2.75) is 353 Å². The number of carbonyl (C=O) groups excluding carboxylic acids is 1. The van der Waals surface area contributed by atoms with Crippen molar-refractivity contribution in [3.63, 3.8) is 0 Å². The standard InChI is InChI=1S/C72H137N2O6P/c1-6-8-10-12-14-16-18-20-22-24-26-28-30-31-32-33-34-35-36-37-38-39-40-41-42-43-44-46-48-50-52-54-56-58-60-62-64-66-72(76)73-70(69-80-81(77,78)79-68-67-74(3,4)5)71(75)65-63-61-59-57-55-53-51-49-47-45-29-27-25-23-21-19-17-15-13-11-9-7-2/h8,10,14,16,20,22,26,28,31-32,70-71,75H,6-7,9,11-13,15,17-19,21,23-25,27,29-30,33-69H2,1-5H3,(H-,73,76,77,78)/b10-8-,16-14-,22-20-,28-26-,32-31-. The van der Waals surface area contributed by atoms with Crippen LogP contribution in [-0.2, 0) is 18.4 Å². The van der Waals surface area contributed by atoms with Crippen molar-refractivity contribution in [2.24, 2.45) is 0 Å². The van der Waals surface area contributed by atoms with Gasteiger partial charge in [0.1, 0.15) is 13.2 Å². The maximum Gasteiger partial charge on any atom is 0.268 e. The van der Waals surface area contributed by atoms with Crippen molar-refractivity contribution < 1.29 is 32.9 Å². The van der Waals surface area contributed by atoms with Crippen LogP contribution in [0.4, 0.5) is 0 Å². The SMILES string of the molecule is CC/C=C\C/C=C\C/C=C\C/C=C\C/C=C\CCCCCCCCCCCCCCCCCCCCCCCC(=O)NC(COP(=O)([O-])OCC[N+](C)(C)C)C(O)CCCCCCCCCCCCCCCCCCCCCCCC. The van der Waals surface area contributed by atoms with Crippen molar-refractivity contribution >= 4 is 13.7 Å². The van der Waals surface area contributed by atoms with Crippen molar-refractivity contribution in [1.82, 2.24) is 5.32 Å². The van der Waals surface area contributed by atoms with Crippen molar-refractivity contribution in [3.05, 3.63) is 60.8 Å². The molecule has 0 bridgehead atoms. The third kappa shape index (κ3) is 65.6. The molecule has 0 aromatic rings. The Morgan fingerprint density at radius 1 is 0.444 bits per heavy atom. The molecule has 0 aliphatic carbocycles. The maximum absolute atomic E-state index is 13.1. The van der Waals surface area contributed by atoms with Crippen LogP contribution in [0.5, 0.6) is 0 Å². The van der Waals surface area contributed by atoms with Gasteiger partial charge < -0.3 is 28.8 Å². The fraction of sp³-hybridized carbons (Fsp3) is 0.847. The topological polar surface area (TPSA) is 108 Å². The van der Waals surface area contributed by atoms with Crippen LogP contribution in [0.15, 0.2) is 60.8 Å². The van der Waals surface area contributed by atoms with Gasteiger partial charge in [0.25, 0.3) is 7.82 Å². The van der Waals surface area contributed by atoms with Crippen LogP contribution in [-0.4, -0.2) is 68.5 Å². The number of amides is 1. The van der Waals surface area contributed by atoms with Gasteiger partial charge in [-0.2, -0.15) is 0 Å². The predicted molar refractivity (Wildman–Crippen MR) is 353 cm³/mol. The Labute approximate surface area is 504 Å². The van der Waals surface area contributed by atoms with Gasteiger partial charge in [0.15, 0.2) is 0 Å². The number of hydrogen-bond donors (Lipinski definition) is 2. The second-order valence-corrected chi connectivity index (χ2v) is 26.6. The van der Waals surface area contributed by atoms with Gasteiger partial charge >= 0.3 is 0 Å². The van der Waals surface area contributed by atoms with E-state index in [1.165, 1.54) is 244 Å². The predicted octanol–water partition coefficient (Wildman–Crippen LogP) is 21.8. The lowest BCUT2D eigenvalue weighted by atomic mass is 10.0. The van der Waals surface area contributed by atoms with Crippen LogP contribution < -0.4 is 10.2 Å². The van der Waals surface area contributed by atoms with Gasteiger partial charge in [-0.25, -0.2) is 0 Å². The van der Waals surface area contributed by atoms with Gasteiger partial charge in [0.05, 0.1) is 39.9 Å². The fourth-order valence-electron chi connectivity index (χ4n) is 10.6. The molecule has 0 fully saturated rings. The first-order valence-electron chi connectivity index (χ1n) is 35.1. The molecule has 0 aliphatic rings. The van der Waals surface area contributed by atoms with Gasteiger partial charge in [0, 0.05) is 6.42 Å². The molecule has 2 N–H and O–H groups in total. The number of phosphoric ester groups is 1. The number of aliphatic hydroxyl groups excluding tert-OH is 1. The second kappa shape index (κ2) is 62.7. The zero-order valence-electron chi connectivity index (χ0n) is 54.5. The van der Waals surface area contributed by atoms with E-state index in [9.17, 15) is 19.4 Å². The minimum atomic E-state index is -4.58. The fourth-order valence-corrected chi connectivity index (χ4v) is 11.3. The van der Waals surface area contributed by atoms with E-state index in [2.05, 4.69) is 79.9 Å². The lowest BCUT2D eigenvalue weighted by Crippen LogP contribution is -2.46. The van der Waals surface area contributed by atoms with Gasteiger partial charge in [-0.05, 0) is 57.8 Å². The molecule has 0 rings (SSSR count). The molecule has 1 amide bonds. The summed E-state index contributed by atoms with van der Waals surface area (Å²) in [6, 6.07) is -0.801. The molecule has 8 nitrogen and oxygen atoms in total. The lowest BCUT2D eigenvalue weighted by Gasteiger charge is -2.30. The maximum atomic E-state index is 13.1. The summed E-state index contributed by atoms with van der Waals surface area (Å²) in [5.74, 6) is -0.158. The van der Waals surface area contributed by atoms with E-state index in [1.807, 2.05) is 21.1 Å². The van der Waals surface area contributed by atoms with Crippen molar-refractivity contribution in [2.75, 3.05) is 40.9 Å². The molecular formula is C72H137N2O6P. The van der Waals surface area contributed by atoms with Gasteiger partial charge in [-0.1, -0.05) is 338 Å². The number of rotatable bonds is 65. The number of carbonyl (C=O) groups is 1. The van der Waals surface area contributed by atoms with Crippen LogP contribution in [0.1, 0.15) is 341 Å². The minimum absolute atomic E-state index is 0.0135. The molecule has 0 aromatic heterocycles. The van der Waals surface area contributed by atoms with E-state index in [4.69, 9.17) is 9.05 Å². The smallest absolute Gasteiger partial charge is 0.268 e. The highest BCUT2D eigenvalue weighted by atomic mass is 31.2. The van der Waals surface area contributed by atoms with E-state index in [0.717, 1.165) is 70.6 Å². The first kappa shape index (κ1) is 79.2. The normalized spacial score (nSPS) is 14.0. The highest BCUT2D eigenvalue weighted by Gasteiger charge is 2.24. The average molecular weight is 1160 g/mol. The van der Waals surface area contributed by atoms with Gasteiger partial charge in [-0.3, -0.25) is 9.36 Å². The highest BCUT2D eigenvalue weighted by Crippen LogP contribution is 2.38. The third-order valence-corrected chi connectivity index (χ3v) is 17.0. The largest absolute Gasteiger partial charge is 0.756 e. The molecule has 9 heteroatoms. The summed E-state index contributed by atoms with van der Waals surface area (Å²) >= 11 is 0. The third-order valence-electron chi connectivity index (χ3n) is 16.0. The average Bonchev–Trinajstić information content (AvgIpc) is 3.43. The zero-order valence-corrected chi connectivity index (χ0v) is 55.4. The number of aliphatic hydroxyl groups is 1. The molecule has 0 aromatic carbocycles. The molecule has 0 radical (unpaired) electrons. The monoisotopic (exact) mass is 1160 g/mol. The summed E-state index contributed by atoms with van der Waals surface area (Å²) in [4.78, 5) is 25.7. The Balaban J connectivity index is 3.96. The quantitative estimate of drug-likeness (QED) is 0.0272. The van der Waals surface area contributed by atoms with E-state index < -0.39 is 20.0 Å². The van der Waals surface area contributed by atoms with E-state index in [-0.39, 0.29) is 19.1 Å². The molecule has 476 valence electrons. The van der Waals surface area contributed by atoms with E-state index in [0.29, 0.717) is 23.9 Å². The van der Waals surface area contributed by atoms with Gasteiger partial charge in [0.2, 0.25) is 5.91 Å². The summed E-state index contributed by atoms with van der Waals surface area (Å²) in [6.07, 6.45) is 85.8. The number of allylic oxidation sites excluding steroid dienone is 10. The van der Waals surface area contributed by atoms with Crippen LogP contribution in [0, 0.1) is 0 Å².